The Morgan fingerprint density at radius 2 is 2.32 bits per heavy atom. The molecule has 1 aromatic carbocycles. The van der Waals surface area contributed by atoms with Crippen LogP contribution in [0.2, 0.25) is 5.02 Å². The molecule has 2 fully saturated rings. The van der Waals surface area contributed by atoms with Crippen LogP contribution in [0.4, 0.5) is 0 Å². The maximum absolute atomic E-state index is 12.5. The molecule has 2 saturated carbocycles. The van der Waals surface area contributed by atoms with E-state index in [1.54, 1.807) is 18.2 Å². The molecule has 1 aromatic rings. The summed E-state index contributed by atoms with van der Waals surface area (Å²) >= 11 is 5.96. The van der Waals surface area contributed by atoms with Gasteiger partial charge in [0.2, 0.25) is 0 Å². The van der Waals surface area contributed by atoms with E-state index in [1.165, 1.54) is 0 Å². The first-order chi connectivity index (χ1) is 10.6. The molecule has 0 aromatic heterocycles. The number of ether oxygens (including phenoxy) is 2. The van der Waals surface area contributed by atoms with E-state index in [0.29, 0.717) is 35.3 Å². The van der Waals surface area contributed by atoms with Crippen molar-refractivity contribution in [3.8, 4) is 5.75 Å². The summed E-state index contributed by atoms with van der Waals surface area (Å²) in [6.45, 7) is 2.20. The third-order valence-electron chi connectivity index (χ3n) is 5.25. The quantitative estimate of drug-likeness (QED) is 0.785. The molecule has 1 heterocycles. The van der Waals surface area contributed by atoms with Crippen LogP contribution in [0.1, 0.15) is 36.5 Å². The van der Waals surface area contributed by atoms with Crippen LogP contribution in [0.5, 0.6) is 5.75 Å². The molecule has 0 saturated heterocycles. The Morgan fingerprint density at radius 1 is 1.50 bits per heavy atom. The molecule has 0 amide bonds. The zero-order chi connectivity index (χ0) is 15.5. The number of benzene rings is 1. The van der Waals surface area contributed by atoms with Gasteiger partial charge in [-0.3, -0.25) is 9.59 Å². The van der Waals surface area contributed by atoms with E-state index in [1.807, 2.05) is 6.92 Å². The first-order valence-corrected chi connectivity index (χ1v) is 8.12. The molecular formula is C17H17ClO4. The number of halogens is 1. The summed E-state index contributed by atoms with van der Waals surface area (Å²) in [6, 6.07) is 5.15. The third kappa shape index (κ3) is 1.89. The van der Waals surface area contributed by atoms with E-state index in [2.05, 4.69) is 0 Å². The van der Waals surface area contributed by atoms with Crippen LogP contribution in [0.25, 0.3) is 0 Å². The molecule has 3 aliphatic rings. The summed E-state index contributed by atoms with van der Waals surface area (Å²) < 4.78 is 11.4. The summed E-state index contributed by atoms with van der Waals surface area (Å²) in [7, 11) is 0. The van der Waals surface area contributed by atoms with Gasteiger partial charge in [-0.15, -0.1) is 0 Å². The van der Waals surface area contributed by atoms with Gasteiger partial charge in [0.1, 0.15) is 11.4 Å². The van der Waals surface area contributed by atoms with Crippen molar-refractivity contribution in [3.63, 3.8) is 0 Å². The largest absolute Gasteiger partial charge is 0.486 e. The Hall–Kier alpha value is -1.55. The minimum atomic E-state index is -0.528. The minimum Gasteiger partial charge on any atom is -0.486 e. The maximum Gasteiger partial charge on any atom is 0.309 e. The molecule has 2 aliphatic carbocycles. The Kier molecular flexibility index (Phi) is 3.02. The molecule has 0 bridgehead atoms. The number of carbonyl (C=O) groups is 2. The Morgan fingerprint density at radius 3 is 3.09 bits per heavy atom. The Labute approximate surface area is 133 Å². The van der Waals surface area contributed by atoms with Gasteiger partial charge in [0.05, 0.1) is 24.5 Å². The average Bonchev–Trinajstić information content (AvgIpc) is 3.13. The van der Waals surface area contributed by atoms with Gasteiger partial charge in [-0.1, -0.05) is 11.6 Å². The second-order valence-corrected chi connectivity index (χ2v) is 6.85. The molecule has 0 radical (unpaired) electrons. The number of esters is 1. The molecule has 4 rings (SSSR count). The van der Waals surface area contributed by atoms with Crippen molar-refractivity contribution in [1.82, 2.24) is 0 Å². The maximum atomic E-state index is 12.5. The van der Waals surface area contributed by atoms with Crippen LogP contribution in [-0.2, 0) is 9.53 Å². The molecule has 116 valence electrons. The molecule has 4 atom stereocenters. The number of hydrogen-bond acceptors (Lipinski definition) is 4. The lowest BCUT2D eigenvalue weighted by molar-refractivity contribution is -0.146. The first kappa shape index (κ1) is 14.1. The van der Waals surface area contributed by atoms with Crippen molar-refractivity contribution >= 4 is 23.4 Å². The van der Waals surface area contributed by atoms with E-state index in [9.17, 15) is 9.59 Å². The Balaban J connectivity index is 1.63. The second kappa shape index (κ2) is 4.72. The topological polar surface area (TPSA) is 52.6 Å². The highest BCUT2D eigenvalue weighted by molar-refractivity contribution is 6.31. The van der Waals surface area contributed by atoms with Crippen molar-refractivity contribution in [1.29, 1.82) is 0 Å². The minimum absolute atomic E-state index is 0.0545. The number of hydrogen-bond donors (Lipinski definition) is 0. The predicted octanol–water partition coefficient (Wildman–Crippen LogP) is 3.26. The monoisotopic (exact) mass is 320 g/mol. The molecule has 0 N–H and O–H groups in total. The van der Waals surface area contributed by atoms with Crippen molar-refractivity contribution in [2.45, 2.75) is 31.8 Å². The SMILES string of the molecule is CCOC(=O)[C@@H]1[C@@H]2CC[C@@]3(CC(=O)c4cc(Cl)ccc4O3)[C@@H]21. The zero-order valence-corrected chi connectivity index (χ0v) is 13.1. The summed E-state index contributed by atoms with van der Waals surface area (Å²) in [5.41, 5.74) is 0.0231. The van der Waals surface area contributed by atoms with Crippen LogP contribution in [-0.4, -0.2) is 24.0 Å². The van der Waals surface area contributed by atoms with Crippen molar-refractivity contribution in [3.05, 3.63) is 28.8 Å². The fourth-order valence-corrected chi connectivity index (χ4v) is 4.52. The lowest BCUT2D eigenvalue weighted by Gasteiger charge is -2.37. The highest BCUT2D eigenvalue weighted by atomic mass is 35.5. The Bertz CT molecular complexity index is 671. The number of carbonyl (C=O) groups excluding carboxylic acids is 2. The standard InChI is InChI=1S/C17H17ClO4/c1-2-21-16(20)14-10-5-6-17(15(10)14)8-12(19)11-7-9(18)3-4-13(11)22-17/h3-4,7,10,14-15H,2,5-6,8H2,1H3/t10-,14+,15-,17+/m0/s1. The fraction of sp³-hybridized carbons (Fsp3) is 0.529. The molecule has 4 nitrogen and oxygen atoms in total. The lowest BCUT2D eigenvalue weighted by Crippen LogP contribution is -2.43. The number of fused-ring (bicyclic) bond motifs is 3. The van der Waals surface area contributed by atoms with Crippen LogP contribution in [0, 0.1) is 17.8 Å². The van der Waals surface area contributed by atoms with Crippen molar-refractivity contribution < 1.29 is 19.1 Å². The van der Waals surface area contributed by atoms with E-state index in [4.69, 9.17) is 21.1 Å². The van der Waals surface area contributed by atoms with Gasteiger partial charge in [-0.05, 0) is 43.9 Å². The third-order valence-corrected chi connectivity index (χ3v) is 5.49. The average molecular weight is 321 g/mol. The van der Waals surface area contributed by atoms with Gasteiger partial charge in [-0.2, -0.15) is 0 Å². The fourth-order valence-electron chi connectivity index (χ4n) is 4.34. The van der Waals surface area contributed by atoms with Crippen molar-refractivity contribution in [2.75, 3.05) is 6.61 Å². The van der Waals surface area contributed by atoms with Crippen molar-refractivity contribution in [2.24, 2.45) is 17.8 Å². The molecular weight excluding hydrogens is 304 g/mol. The van der Waals surface area contributed by atoms with Gasteiger partial charge in [0.25, 0.3) is 0 Å². The van der Waals surface area contributed by atoms with Gasteiger partial charge >= 0.3 is 5.97 Å². The van der Waals surface area contributed by atoms with Crippen LogP contribution >= 0.6 is 11.6 Å². The summed E-state index contributed by atoms with van der Waals surface area (Å²) in [4.78, 5) is 24.5. The molecule has 22 heavy (non-hydrogen) atoms. The molecule has 0 unspecified atom stereocenters. The second-order valence-electron chi connectivity index (χ2n) is 6.41. The highest BCUT2D eigenvalue weighted by Gasteiger charge is 2.71. The summed E-state index contributed by atoms with van der Waals surface area (Å²) in [6.07, 6.45) is 2.08. The lowest BCUT2D eigenvalue weighted by atomic mass is 9.84. The van der Waals surface area contributed by atoms with Crippen LogP contribution in [0.3, 0.4) is 0 Å². The first-order valence-electron chi connectivity index (χ1n) is 7.74. The highest BCUT2D eigenvalue weighted by Crippen LogP contribution is 2.66. The predicted molar refractivity (Wildman–Crippen MR) is 80.1 cm³/mol. The van der Waals surface area contributed by atoms with E-state index in [-0.39, 0.29) is 23.6 Å². The summed E-state index contributed by atoms with van der Waals surface area (Å²) in [5.74, 6) is 0.819. The smallest absolute Gasteiger partial charge is 0.309 e. The van der Waals surface area contributed by atoms with Crippen LogP contribution in [0.15, 0.2) is 18.2 Å². The molecule has 1 spiro atoms. The number of ketones is 1. The van der Waals surface area contributed by atoms with Gasteiger partial charge in [0.15, 0.2) is 5.78 Å². The number of rotatable bonds is 2. The molecule has 1 aliphatic heterocycles. The normalized spacial score (nSPS) is 34.8. The van der Waals surface area contributed by atoms with E-state index < -0.39 is 5.60 Å². The van der Waals surface area contributed by atoms with E-state index in [0.717, 1.165) is 12.8 Å². The van der Waals surface area contributed by atoms with E-state index >= 15 is 0 Å². The zero-order valence-electron chi connectivity index (χ0n) is 12.3. The van der Waals surface area contributed by atoms with Gasteiger partial charge in [-0.25, -0.2) is 0 Å². The van der Waals surface area contributed by atoms with Gasteiger partial charge < -0.3 is 9.47 Å². The van der Waals surface area contributed by atoms with Crippen LogP contribution < -0.4 is 4.74 Å². The summed E-state index contributed by atoms with van der Waals surface area (Å²) in [5, 5.41) is 0.534. The number of Topliss-reactive ketones (excluding diaryl/α,β-unsaturated/α-hetero) is 1. The van der Waals surface area contributed by atoms with Gasteiger partial charge in [0, 0.05) is 10.9 Å². The molecule has 5 heteroatoms.